The first-order chi connectivity index (χ1) is 8.08. The van der Waals surface area contributed by atoms with Crippen LogP contribution in [0, 0.1) is 5.92 Å². The maximum atomic E-state index is 11.7. The van der Waals surface area contributed by atoms with Gasteiger partial charge in [-0.2, -0.15) is 13.2 Å². The summed E-state index contributed by atoms with van der Waals surface area (Å²) in [5.74, 6) is 0.542. The predicted octanol–water partition coefficient (Wildman–Crippen LogP) is 1.97. The normalized spacial score (nSPS) is 21.7. The Morgan fingerprint density at radius 3 is 2.82 bits per heavy atom. The summed E-state index contributed by atoms with van der Waals surface area (Å²) in [5, 5.41) is 3.21. The molecule has 0 aliphatic carbocycles. The zero-order valence-corrected chi connectivity index (χ0v) is 9.89. The minimum Gasteiger partial charge on any atom is -0.381 e. The average molecular weight is 255 g/mol. The van der Waals surface area contributed by atoms with Gasteiger partial charge in [-0.3, -0.25) is 0 Å². The second kappa shape index (κ2) is 7.89. The van der Waals surface area contributed by atoms with Crippen molar-refractivity contribution in [1.82, 2.24) is 5.32 Å². The van der Waals surface area contributed by atoms with Gasteiger partial charge in [-0.25, -0.2) is 0 Å². The Balaban J connectivity index is 1.84. The van der Waals surface area contributed by atoms with Crippen LogP contribution in [0.4, 0.5) is 13.2 Å². The molecule has 0 spiro atoms. The van der Waals surface area contributed by atoms with Crippen LogP contribution in [-0.2, 0) is 9.47 Å². The van der Waals surface area contributed by atoms with Crippen LogP contribution in [0.1, 0.15) is 19.3 Å². The van der Waals surface area contributed by atoms with E-state index in [2.05, 4.69) is 10.1 Å². The summed E-state index contributed by atoms with van der Waals surface area (Å²) in [7, 11) is 0. The van der Waals surface area contributed by atoms with E-state index in [4.69, 9.17) is 4.74 Å². The number of hydrogen-bond acceptors (Lipinski definition) is 3. The molecule has 17 heavy (non-hydrogen) atoms. The van der Waals surface area contributed by atoms with Crippen molar-refractivity contribution in [2.24, 2.45) is 5.92 Å². The number of nitrogens with one attached hydrogen (secondary N) is 1. The first-order valence-electron chi connectivity index (χ1n) is 6.01. The molecule has 1 aliphatic heterocycles. The van der Waals surface area contributed by atoms with E-state index in [9.17, 15) is 13.2 Å². The van der Waals surface area contributed by atoms with E-state index in [0.717, 1.165) is 32.6 Å². The fourth-order valence-electron chi connectivity index (χ4n) is 1.76. The summed E-state index contributed by atoms with van der Waals surface area (Å²) in [6, 6.07) is 0. The fourth-order valence-corrected chi connectivity index (χ4v) is 1.76. The molecular formula is C11H20F3NO2. The Bertz CT molecular complexity index is 194. The van der Waals surface area contributed by atoms with Gasteiger partial charge >= 0.3 is 6.18 Å². The predicted molar refractivity (Wildman–Crippen MR) is 57.9 cm³/mol. The SMILES string of the molecule is FC(F)(F)COCCCNCC1CCCOC1. The Morgan fingerprint density at radius 2 is 2.18 bits per heavy atom. The molecule has 0 aromatic carbocycles. The highest BCUT2D eigenvalue weighted by Gasteiger charge is 2.27. The fraction of sp³-hybridized carbons (Fsp3) is 1.00. The zero-order chi connectivity index (χ0) is 12.6. The Hall–Kier alpha value is -0.330. The molecule has 6 heteroatoms. The quantitative estimate of drug-likeness (QED) is 0.706. The van der Waals surface area contributed by atoms with E-state index in [0.29, 0.717) is 18.9 Å². The Labute approximate surface area is 99.7 Å². The maximum absolute atomic E-state index is 11.7. The largest absolute Gasteiger partial charge is 0.411 e. The summed E-state index contributed by atoms with van der Waals surface area (Å²) in [6.07, 6.45) is -1.35. The highest BCUT2D eigenvalue weighted by Crippen LogP contribution is 2.14. The van der Waals surface area contributed by atoms with Crippen molar-refractivity contribution in [2.75, 3.05) is 39.5 Å². The molecule has 1 fully saturated rings. The molecular weight excluding hydrogens is 235 g/mol. The van der Waals surface area contributed by atoms with Crippen LogP contribution in [0.2, 0.25) is 0 Å². The number of halogens is 3. The minimum atomic E-state index is -4.22. The highest BCUT2D eigenvalue weighted by molar-refractivity contribution is 4.65. The lowest BCUT2D eigenvalue weighted by molar-refractivity contribution is -0.173. The van der Waals surface area contributed by atoms with Gasteiger partial charge in [0.2, 0.25) is 0 Å². The van der Waals surface area contributed by atoms with E-state index in [1.807, 2.05) is 0 Å². The first-order valence-corrected chi connectivity index (χ1v) is 6.01. The molecule has 0 aromatic heterocycles. The summed E-state index contributed by atoms with van der Waals surface area (Å²) >= 11 is 0. The van der Waals surface area contributed by atoms with E-state index in [1.165, 1.54) is 0 Å². The average Bonchev–Trinajstić information content (AvgIpc) is 2.28. The van der Waals surface area contributed by atoms with Crippen molar-refractivity contribution in [3.8, 4) is 0 Å². The van der Waals surface area contributed by atoms with Gasteiger partial charge in [0.15, 0.2) is 0 Å². The van der Waals surface area contributed by atoms with Gasteiger partial charge in [-0.15, -0.1) is 0 Å². The third-order valence-electron chi connectivity index (χ3n) is 2.60. The molecule has 1 heterocycles. The van der Waals surface area contributed by atoms with Crippen LogP contribution in [0.5, 0.6) is 0 Å². The molecule has 0 bridgehead atoms. The van der Waals surface area contributed by atoms with Crippen LogP contribution in [-0.4, -0.2) is 45.7 Å². The van der Waals surface area contributed by atoms with Crippen molar-refractivity contribution < 1.29 is 22.6 Å². The minimum absolute atomic E-state index is 0.147. The summed E-state index contributed by atoms with van der Waals surface area (Å²) < 4.78 is 45.0. The molecule has 1 N–H and O–H groups in total. The van der Waals surface area contributed by atoms with E-state index < -0.39 is 12.8 Å². The van der Waals surface area contributed by atoms with E-state index in [-0.39, 0.29) is 6.61 Å². The first kappa shape index (κ1) is 14.7. The van der Waals surface area contributed by atoms with Gasteiger partial charge in [0, 0.05) is 19.8 Å². The molecule has 1 aliphatic rings. The molecule has 0 saturated carbocycles. The van der Waals surface area contributed by atoms with Crippen LogP contribution in [0.25, 0.3) is 0 Å². The molecule has 1 saturated heterocycles. The number of ether oxygens (including phenoxy) is 2. The van der Waals surface area contributed by atoms with Gasteiger partial charge < -0.3 is 14.8 Å². The summed E-state index contributed by atoms with van der Waals surface area (Å²) in [4.78, 5) is 0. The highest BCUT2D eigenvalue weighted by atomic mass is 19.4. The zero-order valence-electron chi connectivity index (χ0n) is 9.89. The molecule has 1 rings (SSSR count). The second-order valence-electron chi connectivity index (χ2n) is 4.31. The number of alkyl halides is 3. The Kier molecular flexibility index (Phi) is 6.84. The van der Waals surface area contributed by atoms with Crippen molar-refractivity contribution in [1.29, 1.82) is 0 Å². The van der Waals surface area contributed by atoms with Crippen molar-refractivity contribution in [3.63, 3.8) is 0 Å². The lowest BCUT2D eigenvalue weighted by Crippen LogP contribution is -2.30. The molecule has 1 unspecified atom stereocenters. The molecule has 0 radical (unpaired) electrons. The lowest BCUT2D eigenvalue weighted by atomic mass is 10.0. The molecule has 0 aromatic rings. The second-order valence-corrected chi connectivity index (χ2v) is 4.31. The van der Waals surface area contributed by atoms with Gasteiger partial charge in [0.1, 0.15) is 6.61 Å². The number of rotatable bonds is 7. The van der Waals surface area contributed by atoms with E-state index >= 15 is 0 Å². The molecule has 1 atom stereocenters. The van der Waals surface area contributed by atoms with Crippen molar-refractivity contribution in [2.45, 2.75) is 25.4 Å². The lowest BCUT2D eigenvalue weighted by Gasteiger charge is -2.22. The van der Waals surface area contributed by atoms with Crippen LogP contribution < -0.4 is 5.32 Å². The summed E-state index contributed by atoms with van der Waals surface area (Å²) in [5.41, 5.74) is 0. The molecule has 0 amide bonds. The van der Waals surface area contributed by atoms with Gasteiger partial charge in [0.05, 0.1) is 6.61 Å². The van der Waals surface area contributed by atoms with Crippen molar-refractivity contribution >= 4 is 0 Å². The van der Waals surface area contributed by atoms with Gasteiger partial charge in [0.25, 0.3) is 0 Å². The third kappa shape index (κ3) is 8.40. The van der Waals surface area contributed by atoms with E-state index in [1.54, 1.807) is 0 Å². The molecule has 102 valence electrons. The summed E-state index contributed by atoms with van der Waals surface area (Å²) in [6.45, 7) is 2.20. The number of hydrogen-bond donors (Lipinski definition) is 1. The van der Waals surface area contributed by atoms with Crippen LogP contribution >= 0.6 is 0 Å². The van der Waals surface area contributed by atoms with Crippen molar-refractivity contribution in [3.05, 3.63) is 0 Å². The van der Waals surface area contributed by atoms with Gasteiger partial charge in [-0.05, 0) is 31.7 Å². The van der Waals surface area contributed by atoms with Gasteiger partial charge in [-0.1, -0.05) is 0 Å². The maximum Gasteiger partial charge on any atom is 0.411 e. The molecule has 3 nitrogen and oxygen atoms in total. The topological polar surface area (TPSA) is 30.5 Å². The van der Waals surface area contributed by atoms with Crippen LogP contribution in [0.3, 0.4) is 0 Å². The monoisotopic (exact) mass is 255 g/mol. The third-order valence-corrected chi connectivity index (χ3v) is 2.60. The smallest absolute Gasteiger partial charge is 0.381 e. The standard InChI is InChI=1S/C11H20F3NO2/c12-11(13,14)9-17-6-2-4-15-7-10-3-1-5-16-8-10/h10,15H,1-9H2. The Morgan fingerprint density at radius 1 is 1.35 bits per heavy atom. The van der Waals surface area contributed by atoms with Crippen LogP contribution in [0.15, 0.2) is 0 Å².